The summed E-state index contributed by atoms with van der Waals surface area (Å²) in [6.45, 7) is 3.54. The molecule has 1 saturated heterocycles. The first-order valence-corrected chi connectivity index (χ1v) is 8.16. The lowest BCUT2D eigenvalue weighted by molar-refractivity contribution is 0.0976. The van der Waals surface area contributed by atoms with Crippen LogP contribution in [0.2, 0.25) is 0 Å². The lowest BCUT2D eigenvalue weighted by atomic mass is 9.80. The second-order valence-corrected chi connectivity index (χ2v) is 6.26. The average Bonchev–Trinajstić information content (AvgIpc) is 2.53. The first-order valence-electron chi connectivity index (χ1n) is 8.16. The van der Waals surface area contributed by atoms with Gasteiger partial charge in [-0.25, -0.2) is 8.78 Å². The van der Waals surface area contributed by atoms with Gasteiger partial charge in [0.1, 0.15) is 11.6 Å². The minimum atomic E-state index is -0.385. The molecule has 4 heteroatoms. The van der Waals surface area contributed by atoms with Crippen LogP contribution in [0.25, 0.3) is 0 Å². The van der Waals surface area contributed by atoms with E-state index in [1.54, 1.807) is 0 Å². The van der Waals surface area contributed by atoms with E-state index in [4.69, 9.17) is 0 Å². The van der Waals surface area contributed by atoms with Gasteiger partial charge in [-0.3, -0.25) is 4.90 Å². The van der Waals surface area contributed by atoms with Crippen molar-refractivity contribution in [2.75, 3.05) is 26.2 Å². The van der Waals surface area contributed by atoms with Gasteiger partial charge in [0.2, 0.25) is 0 Å². The molecule has 0 aromatic heterocycles. The van der Waals surface area contributed by atoms with E-state index in [0.29, 0.717) is 11.5 Å². The van der Waals surface area contributed by atoms with Gasteiger partial charge >= 0.3 is 0 Å². The van der Waals surface area contributed by atoms with Crippen molar-refractivity contribution in [3.05, 3.63) is 35.4 Å². The lowest BCUT2D eigenvalue weighted by Crippen LogP contribution is -2.47. The van der Waals surface area contributed by atoms with E-state index in [1.807, 2.05) is 0 Å². The zero-order valence-corrected chi connectivity index (χ0v) is 12.5. The van der Waals surface area contributed by atoms with Gasteiger partial charge in [-0.2, -0.15) is 0 Å². The first kappa shape index (κ1) is 14.9. The highest BCUT2D eigenvalue weighted by atomic mass is 19.1. The van der Waals surface area contributed by atoms with Crippen LogP contribution in [0.1, 0.15) is 43.7 Å². The van der Waals surface area contributed by atoms with Gasteiger partial charge in [0.15, 0.2) is 0 Å². The Kier molecular flexibility index (Phi) is 4.86. The molecule has 0 radical (unpaired) electrons. The molecule has 1 aromatic rings. The molecule has 1 heterocycles. The number of hydrogen-bond donors (Lipinski definition) is 1. The van der Waals surface area contributed by atoms with Crippen LogP contribution in [0.4, 0.5) is 8.78 Å². The zero-order chi connectivity index (χ0) is 14.7. The first-order chi connectivity index (χ1) is 10.3. The van der Waals surface area contributed by atoms with Gasteiger partial charge in [0, 0.05) is 37.8 Å². The van der Waals surface area contributed by atoms with Crippen molar-refractivity contribution in [2.45, 2.75) is 38.1 Å². The molecule has 0 amide bonds. The zero-order valence-electron chi connectivity index (χ0n) is 12.5. The molecule has 2 aliphatic rings. The van der Waals surface area contributed by atoms with Gasteiger partial charge in [0.25, 0.3) is 0 Å². The summed E-state index contributed by atoms with van der Waals surface area (Å²) in [6.07, 6.45) is 5.79. The van der Waals surface area contributed by atoms with Crippen LogP contribution in [-0.4, -0.2) is 31.1 Å². The number of hydrogen-bond acceptors (Lipinski definition) is 2. The number of halogens is 2. The molecule has 116 valence electrons. The Balaban J connectivity index is 1.94. The topological polar surface area (TPSA) is 15.3 Å². The van der Waals surface area contributed by atoms with E-state index in [1.165, 1.54) is 37.5 Å². The van der Waals surface area contributed by atoms with E-state index < -0.39 is 0 Å². The number of nitrogens with one attached hydrogen (secondary N) is 1. The Morgan fingerprint density at radius 1 is 1.00 bits per heavy atom. The predicted octanol–water partition coefficient (Wildman–Crippen LogP) is 3.49. The highest BCUT2D eigenvalue weighted by molar-refractivity contribution is 5.24. The maximum Gasteiger partial charge on any atom is 0.130 e. The maximum absolute atomic E-state index is 14.3. The molecular weight excluding hydrogens is 270 g/mol. The maximum atomic E-state index is 14.3. The fraction of sp³-hybridized carbons (Fsp3) is 0.647. The van der Waals surface area contributed by atoms with Crippen molar-refractivity contribution < 1.29 is 8.78 Å². The Hall–Kier alpha value is -1.00. The highest BCUT2D eigenvalue weighted by Gasteiger charge is 2.34. The summed E-state index contributed by atoms with van der Waals surface area (Å²) in [6, 6.07) is 4.16. The minimum absolute atomic E-state index is 0.103. The monoisotopic (exact) mass is 294 g/mol. The average molecular weight is 294 g/mol. The minimum Gasteiger partial charge on any atom is -0.314 e. The predicted molar refractivity (Wildman–Crippen MR) is 80.1 cm³/mol. The highest BCUT2D eigenvalue weighted by Crippen LogP contribution is 2.40. The summed E-state index contributed by atoms with van der Waals surface area (Å²) in [5.41, 5.74) is 0.298. The number of nitrogens with zero attached hydrogens (tertiary/aromatic N) is 1. The Morgan fingerprint density at radius 3 is 2.24 bits per heavy atom. The summed E-state index contributed by atoms with van der Waals surface area (Å²) >= 11 is 0. The van der Waals surface area contributed by atoms with Crippen LogP contribution in [0.15, 0.2) is 18.2 Å². The largest absolute Gasteiger partial charge is 0.314 e. The molecule has 2 fully saturated rings. The van der Waals surface area contributed by atoms with Gasteiger partial charge in [-0.15, -0.1) is 0 Å². The van der Waals surface area contributed by atoms with E-state index in [0.717, 1.165) is 39.0 Å². The fourth-order valence-electron chi connectivity index (χ4n) is 3.92. The Morgan fingerprint density at radius 2 is 1.62 bits per heavy atom. The van der Waals surface area contributed by atoms with Crippen molar-refractivity contribution >= 4 is 0 Å². The van der Waals surface area contributed by atoms with E-state index >= 15 is 0 Å². The Bertz CT molecular complexity index is 428. The van der Waals surface area contributed by atoms with E-state index in [2.05, 4.69) is 10.2 Å². The lowest BCUT2D eigenvalue weighted by Gasteiger charge is -2.41. The molecule has 1 aliphatic carbocycles. The second-order valence-electron chi connectivity index (χ2n) is 6.26. The summed E-state index contributed by atoms with van der Waals surface area (Å²) in [5.74, 6) is -0.392. The number of piperazine rings is 1. The molecule has 21 heavy (non-hydrogen) atoms. The van der Waals surface area contributed by atoms with Crippen LogP contribution in [0, 0.1) is 17.6 Å². The van der Waals surface area contributed by atoms with Crippen molar-refractivity contribution in [3.63, 3.8) is 0 Å². The van der Waals surface area contributed by atoms with Crippen molar-refractivity contribution in [1.29, 1.82) is 0 Å². The van der Waals surface area contributed by atoms with Crippen LogP contribution in [-0.2, 0) is 0 Å². The molecular formula is C17H24F2N2. The molecule has 1 aromatic carbocycles. The van der Waals surface area contributed by atoms with Crippen molar-refractivity contribution in [1.82, 2.24) is 10.2 Å². The summed E-state index contributed by atoms with van der Waals surface area (Å²) in [4.78, 5) is 2.29. The van der Waals surface area contributed by atoms with Gasteiger partial charge in [-0.05, 0) is 30.9 Å². The Labute approximate surface area is 125 Å². The molecule has 1 saturated carbocycles. The number of benzene rings is 1. The smallest absolute Gasteiger partial charge is 0.130 e. The third-order valence-corrected chi connectivity index (χ3v) is 4.94. The van der Waals surface area contributed by atoms with Gasteiger partial charge in [0.05, 0.1) is 0 Å². The molecule has 0 bridgehead atoms. The van der Waals surface area contributed by atoms with Crippen LogP contribution < -0.4 is 5.32 Å². The molecule has 1 aliphatic heterocycles. The fourth-order valence-corrected chi connectivity index (χ4v) is 3.92. The van der Waals surface area contributed by atoms with Crippen LogP contribution in [0.3, 0.4) is 0 Å². The third kappa shape index (κ3) is 3.27. The van der Waals surface area contributed by atoms with Crippen LogP contribution in [0.5, 0.6) is 0 Å². The summed E-state index contributed by atoms with van der Waals surface area (Å²) < 4.78 is 28.7. The SMILES string of the molecule is Fc1cccc(F)c1[C@@H](C1CCCCC1)N1CCNCC1. The number of rotatable bonds is 3. The molecule has 2 nitrogen and oxygen atoms in total. The third-order valence-electron chi connectivity index (χ3n) is 4.94. The molecule has 0 spiro atoms. The summed E-state index contributed by atoms with van der Waals surface area (Å²) in [7, 11) is 0. The van der Waals surface area contributed by atoms with Gasteiger partial charge in [-0.1, -0.05) is 25.3 Å². The molecule has 3 rings (SSSR count). The molecule has 1 atom stereocenters. The standard InChI is InChI=1S/C17H24F2N2/c18-14-7-4-8-15(19)16(14)17(13-5-2-1-3-6-13)21-11-9-20-10-12-21/h4,7-8,13,17,20H,1-3,5-6,9-12H2/t17-/m1/s1. The molecule has 0 unspecified atom stereocenters. The quantitative estimate of drug-likeness (QED) is 0.918. The summed E-state index contributed by atoms with van der Waals surface area (Å²) in [5, 5.41) is 3.32. The molecule has 1 N–H and O–H groups in total. The normalized spacial score (nSPS) is 23.1. The van der Waals surface area contributed by atoms with Crippen LogP contribution >= 0.6 is 0 Å². The second kappa shape index (κ2) is 6.84. The van der Waals surface area contributed by atoms with E-state index in [9.17, 15) is 8.78 Å². The van der Waals surface area contributed by atoms with Gasteiger partial charge < -0.3 is 5.32 Å². The van der Waals surface area contributed by atoms with Crippen molar-refractivity contribution in [3.8, 4) is 0 Å². The van der Waals surface area contributed by atoms with Crippen molar-refractivity contribution in [2.24, 2.45) is 5.92 Å². The van der Waals surface area contributed by atoms with E-state index in [-0.39, 0.29) is 17.7 Å².